The minimum Gasteiger partial charge on any atom is -0.493 e. The van der Waals surface area contributed by atoms with Crippen LogP contribution in [-0.4, -0.2) is 18.4 Å². The fourth-order valence-electron chi connectivity index (χ4n) is 1.64. The maximum absolute atomic E-state index is 12.3. The van der Waals surface area contributed by atoms with Crippen LogP contribution in [0.15, 0.2) is 42.7 Å². The van der Waals surface area contributed by atoms with Crippen LogP contribution in [-0.2, 0) is 6.54 Å². The Labute approximate surface area is 109 Å². The highest BCUT2D eigenvalue weighted by atomic mass is 19.3. The number of rotatable bonds is 6. The number of nitrogens with zero attached hydrogens (tertiary/aromatic N) is 1. The Kier molecular flexibility index (Phi) is 4.22. The second-order valence-corrected chi connectivity index (χ2v) is 3.79. The van der Waals surface area contributed by atoms with Gasteiger partial charge in [-0.25, -0.2) is 0 Å². The number of methoxy groups -OCH3 is 1. The lowest BCUT2D eigenvalue weighted by Gasteiger charge is -2.12. The summed E-state index contributed by atoms with van der Waals surface area (Å²) >= 11 is 0. The summed E-state index contributed by atoms with van der Waals surface area (Å²) in [5, 5.41) is 0. The first-order valence-electron chi connectivity index (χ1n) is 5.67. The third-order valence-electron chi connectivity index (χ3n) is 2.51. The van der Waals surface area contributed by atoms with E-state index in [1.807, 2.05) is 24.5 Å². The molecule has 0 saturated carbocycles. The molecule has 0 saturated heterocycles. The summed E-state index contributed by atoms with van der Waals surface area (Å²) in [4.78, 5) is 0. The number of ether oxygens (including phenoxy) is 2. The SMILES string of the molecule is COc1ccc(CNn2cccc2)cc1OC(F)F. The highest BCUT2D eigenvalue weighted by Crippen LogP contribution is 2.29. The van der Waals surface area contributed by atoms with Crippen molar-refractivity contribution in [1.29, 1.82) is 0 Å². The third kappa shape index (κ3) is 3.61. The Morgan fingerprint density at radius 3 is 2.58 bits per heavy atom. The molecule has 1 aromatic carbocycles. The van der Waals surface area contributed by atoms with Crippen molar-refractivity contribution >= 4 is 0 Å². The minimum atomic E-state index is -2.87. The van der Waals surface area contributed by atoms with Gasteiger partial charge in [-0.2, -0.15) is 8.78 Å². The van der Waals surface area contributed by atoms with Gasteiger partial charge in [0.2, 0.25) is 0 Å². The number of benzene rings is 1. The first kappa shape index (κ1) is 13.2. The maximum Gasteiger partial charge on any atom is 0.387 e. The Morgan fingerprint density at radius 2 is 1.95 bits per heavy atom. The van der Waals surface area contributed by atoms with Gasteiger partial charge < -0.3 is 14.9 Å². The van der Waals surface area contributed by atoms with Crippen LogP contribution in [0.1, 0.15) is 5.56 Å². The number of hydrogen-bond donors (Lipinski definition) is 1. The number of aromatic nitrogens is 1. The van der Waals surface area contributed by atoms with Crippen molar-refractivity contribution in [2.75, 3.05) is 12.5 Å². The van der Waals surface area contributed by atoms with Crippen molar-refractivity contribution in [3.8, 4) is 11.5 Å². The van der Waals surface area contributed by atoms with Gasteiger partial charge in [-0.05, 0) is 29.8 Å². The molecule has 19 heavy (non-hydrogen) atoms. The lowest BCUT2D eigenvalue weighted by atomic mass is 10.2. The molecule has 2 rings (SSSR count). The highest BCUT2D eigenvalue weighted by Gasteiger charge is 2.11. The van der Waals surface area contributed by atoms with E-state index in [2.05, 4.69) is 10.2 Å². The van der Waals surface area contributed by atoms with E-state index in [-0.39, 0.29) is 11.5 Å². The van der Waals surface area contributed by atoms with Gasteiger partial charge in [0.05, 0.1) is 13.7 Å². The van der Waals surface area contributed by atoms with Crippen LogP contribution in [0.3, 0.4) is 0 Å². The zero-order chi connectivity index (χ0) is 13.7. The summed E-state index contributed by atoms with van der Waals surface area (Å²) in [6, 6.07) is 8.68. The second-order valence-electron chi connectivity index (χ2n) is 3.79. The van der Waals surface area contributed by atoms with Crippen LogP contribution in [0.25, 0.3) is 0 Å². The smallest absolute Gasteiger partial charge is 0.387 e. The number of hydrogen-bond acceptors (Lipinski definition) is 3. The van der Waals surface area contributed by atoms with Crippen LogP contribution < -0.4 is 14.9 Å². The van der Waals surface area contributed by atoms with E-state index in [9.17, 15) is 8.78 Å². The van der Waals surface area contributed by atoms with E-state index in [1.54, 1.807) is 16.8 Å². The van der Waals surface area contributed by atoms with Crippen molar-refractivity contribution in [2.45, 2.75) is 13.2 Å². The zero-order valence-electron chi connectivity index (χ0n) is 10.3. The van der Waals surface area contributed by atoms with Gasteiger partial charge >= 0.3 is 6.61 Å². The van der Waals surface area contributed by atoms with Crippen LogP contribution in [0.4, 0.5) is 8.78 Å². The van der Waals surface area contributed by atoms with Gasteiger partial charge in [-0.15, -0.1) is 0 Å². The van der Waals surface area contributed by atoms with E-state index in [4.69, 9.17) is 4.74 Å². The fourth-order valence-corrected chi connectivity index (χ4v) is 1.64. The molecule has 0 aliphatic carbocycles. The zero-order valence-corrected chi connectivity index (χ0v) is 10.3. The number of alkyl halides is 2. The molecule has 0 unspecified atom stereocenters. The monoisotopic (exact) mass is 268 g/mol. The average Bonchev–Trinajstić information content (AvgIpc) is 2.89. The quantitative estimate of drug-likeness (QED) is 0.875. The normalized spacial score (nSPS) is 10.5. The van der Waals surface area contributed by atoms with Crippen molar-refractivity contribution in [3.05, 3.63) is 48.3 Å². The van der Waals surface area contributed by atoms with Crippen molar-refractivity contribution < 1.29 is 18.3 Å². The molecule has 1 heterocycles. The molecule has 0 aliphatic rings. The molecule has 0 aliphatic heterocycles. The van der Waals surface area contributed by atoms with E-state index in [0.717, 1.165) is 5.56 Å². The molecule has 4 nitrogen and oxygen atoms in total. The van der Waals surface area contributed by atoms with Crippen LogP contribution in [0.2, 0.25) is 0 Å². The van der Waals surface area contributed by atoms with E-state index < -0.39 is 6.61 Å². The van der Waals surface area contributed by atoms with Gasteiger partial charge in [0.1, 0.15) is 0 Å². The van der Waals surface area contributed by atoms with Gasteiger partial charge in [-0.1, -0.05) is 6.07 Å². The number of halogens is 2. The average molecular weight is 268 g/mol. The van der Waals surface area contributed by atoms with Gasteiger partial charge in [0.25, 0.3) is 0 Å². The molecule has 0 atom stereocenters. The van der Waals surface area contributed by atoms with Gasteiger partial charge in [0, 0.05) is 12.4 Å². The topological polar surface area (TPSA) is 35.4 Å². The molecule has 1 aromatic heterocycles. The summed E-state index contributed by atoms with van der Waals surface area (Å²) in [6.45, 7) is -2.39. The van der Waals surface area contributed by atoms with Crippen molar-refractivity contribution in [3.63, 3.8) is 0 Å². The second kappa shape index (κ2) is 6.08. The van der Waals surface area contributed by atoms with Gasteiger partial charge in [-0.3, -0.25) is 4.68 Å². The molecule has 6 heteroatoms. The van der Waals surface area contributed by atoms with E-state index >= 15 is 0 Å². The highest BCUT2D eigenvalue weighted by molar-refractivity contribution is 5.43. The predicted octanol–water partition coefficient (Wildman–Crippen LogP) is 2.84. The molecular formula is C13H14F2N2O2. The summed E-state index contributed by atoms with van der Waals surface area (Å²) in [5.41, 5.74) is 3.90. The Bertz CT molecular complexity index is 515. The van der Waals surface area contributed by atoms with E-state index in [0.29, 0.717) is 6.54 Å². The summed E-state index contributed by atoms with van der Waals surface area (Å²) in [7, 11) is 1.41. The largest absolute Gasteiger partial charge is 0.493 e. The summed E-state index contributed by atoms with van der Waals surface area (Å²) in [5.74, 6) is 0.314. The summed E-state index contributed by atoms with van der Waals surface area (Å²) in [6.07, 6.45) is 3.69. The predicted molar refractivity (Wildman–Crippen MR) is 67.1 cm³/mol. The molecule has 0 amide bonds. The first-order chi connectivity index (χ1) is 9.19. The molecule has 1 N–H and O–H groups in total. The van der Waals surface area contributed by atoms with E-state index in [1.165, 1.54) is 13.2 Å². The first-order valence-corrected chi connectivity index (χ1v) is 5.67. The summed E-state index contributed by atoms with van der Waals surface area (Å²) < 4.78 is 35.7. The fraction of sp³-hybridized carbons (Fsp3) is 0.231. The molecule has 0 bridgehead atoms. The minimum absolute atomic E-state index is 0.0318. The Balaban J connectivity index is 2.08. The lowest BCUT2D eigenvalue weighted by molar-refractivity contribution is -0.0512. The van der Waals surface area contributed by atoms with Crippen LogP contribution in [0.5, 0.6) is 11.5 Å². The maximum atomic E-state index is 12.3. The van der Waals surface area contributed by atoms with Gasteiger partial charge in [0.15, 0.2) is 11.5 Å². The molecular weight excluding hydrogens is 254 g/mol. The van der Waals surface area contributed by atoms with Crippen LogP contribution in [0, 0.1) is 0 Å². The Morgan fingerprint density at radius 1 is 1.21 bits per heavy atom. The molecule has 0 fully saturated rings. The van der Waals surface area contributed by atoms with Crippen molar-refractivity contribution in [1.82, 2.24) is 4.68 Å². The van der Waals surface area contributed by atoms with Crippen molar-refractivity contribution in [2.24, 2.45) is 0 Å². The molecule has 2 aromatic rings. The standard InChI is InChI=1S/C13H14F2N2O2/c1-18-11-5-4-10(8-12(11)19-13(14)15)9-16-17-6-2-3-7-17/h2-8,13,16H,9H2,1H3. The van der Waals surface area contributed by atoms with Crippen LogP contribution >= 0.6 is 0 Å². The third-order valence-corrected chi connectivity index (χ3v) is 2.51. The Hall–Kier alpha value is -2.24. The molecule has 102 valence electrons. The molecule has 0 radical (unpaired) electrons. The number of nitrogens with one attached hydrogen (secondary N) is 1. The lowest BCUT2D eigenvalue weighted by Crippen LogP contribution is -2.12. The molecule has 0 spiro atoms.